The maximum absolute atomic E-state index is 3.54. The van der Waals surface area contributed by atoms with Gasteiger partial charge in [-0.2, -0.15) is 0 Å². The van der Waals surface area contributed by atoms with Crippen molar-refractivity contribution in [2.45, 2.75) is 12.8 Å². The van der Waals surface area contributed by atoms with Crippen LogP contribution in [0.1, 0.15) is 12.8 Å². The Morgan fingerprint density at radius 3 is 2.56 bits per heavy atom. The van der Waals surface area contributed by atoms with Crippen molar-refractivity contribution in [1.29, 1.82) is 0 Å². The monoisotopic (exact) mass is 277 g/mol. The molecule has 2 bridgehead atoms. The predicted molar refractivity (Wildman–Crippen MR) is 71.5 cm³/mol. The minimum Gasteiger partial charge on any atom is -0.385 e. The lowest BCUT2D eigenvalue weighted by atomic mass is 9.93. The van der Waals surface area contributed by atoms with Gasteiger partial charge >= 0.3 is 0 Å². The Balaban J connectivity index is 1.57. The number of rotatable bonds is 3. The summed E-state index contributed by atoms with van der Waals surface area (Å²) in [5.41, 5.74) is 1.23. The molecule has 1 aromatic rings. The average molecular weight is 278 g/mol. The van der Waals surface area contributed by atoms with E-state index in [4.69, 9.17) is 0 Å². The Bertz CT molecular complexity index is 396. The van der Waals surface area contributed by atoms with E-state index in [9.17, 15) is 0 Å². The van der Waals surface area contributed by atoms with Crippen LogP contribution in [0.4, 0.5) is 5.69 Å². The first-order valence-corrected chi connectivity index (χ1v) is 6.78. The zero-order chi connectivity index (χ0) is 11.0. The summed E-state index contributed by atoms with van der Waals surface area (Å²) in [6.07, 6.45) is 7.60. The van der Waals surface area contributed by atoms with Gasteiger partial charge in [-0.3, -0.25) is 0 Å². The molecule has 2 heteroatoms. The summed E-state index contributed by atoms with van der Waals surface area (Å²) in [4.78, 5) is 0. The van der Waals surface area contributed by atoms with Crippen molar-refractivity contribution < 1.29 is 0 Å². The van der Waals surface area contributed by atoms with Crippen LogP contribution < -0.4 is 5.32 Å². The lowest BCUT2D eigenvalue weighted by Crippen LogP contribution is -2.18. The number of anilines is 1. The fraction of sp³-hybridized carbons (Fsp3) is 0.429. The van der Waals surface area contributed by atoms with Crippen molar-refractivity contribution in [3.05, 3.63) is 40.9 Å². The van der Waals surface area contributed by atoms with E-state index in [-0.39, 0.29) is 0 Å². The second-order valence-corrected chi connectivity index (χ2v) is 5.84. The van der Waals surface area contributed by atoms with E-state index in [0.29, 0.717) is 0 Å². The van der Waals surface area contributed by atoms with Gasteiger partial charge in [0.25, 0.3) is 0 Å². The van der Waals surface area contributed by atoms with E-state index in [1.165, 1.54) is 18.5 Å². The molecule has 0 saturated heterocycles. The number of fused-ring (bicyclic) bond motifs is 2. The molecule has 3 rings (SSSR count). The maximum Gasteiger partial charge on any atom is 0.0341 e. The molecule has 0 spiro atoms. The van der Waals surface area contributed by atoms with E-state index in [1.54, 1.807) is 0 Å². The van der Waals surface area contributed by atoms with Crippen molar-refractivity contribution in [2.24, 2.45) is 17.8 Å². The molecule has 2 aliphatic carbocycles. The van der Waals surface area contributed by atoms with Gasteiger partial charge in [-0.25, -0.2) is 0 Å². The summed E-state index contributed by atoms with van der Waals surface area (Å²) in [5, 5.41) is 3.54. The third-order valence-corrected chi connectivity index (χ3v) is 4.36. The smallest absolute Gasteiger partial charge is 0.0341 e. The second kappa shape index (κ2) is 4.25. The Hall–Kier alpha value is -0.760. The molecule has 1 aromatic carbocycles. The molecule has 2 aliphatic rings. The van der Waals surface area contributed by atoms with Gasteiger partial charge in [0.05, 0.1) is 0 Å². The lowest BCUT2D eigenvalue weighted by molar-refractivity contribution is 0.472. The fourth-order valence-electron chi connectivity index (χ4n) is 2.95. The molecule has 0 aliphatic heterocycles. The summed E-state index contributed by atoms with van der Waals surface area (Å²) >= 11 is 3.45. The van der Waals surface area contributed by atoms with Crippen LogP contribution in [0.5, 0.6) is 0 Å². The first kappa shape index (κ1) is 10.4. The van der Waals surface area contributed by atoms with Crippen molar-refractivity contribution in [3.8, 4) is 0 Å². The highest BCUT2D eigenvalue weighted by Crippen LogP contribution is 2.43. The van der Waals surface area contributed by atoms with Crippen molar-refractivity contribution in [1.82, 2.24) is 0 Å². The summed E-state index contributed by atoms with van der Waals surface area (Å²) in [6, 6.07) is 8.44. The van der Waals surface area contributed by atoms with Crippen LogP contribution in [-0.2, 0) is 0 Å². The van der Waals surface area contributed by atoms with Gasteiger partial charge in [0.15, 0.2) is 0 Å². The summed E-state index contributed by atoms with van der Waals surface area (Å²) in [7, 11) is 0. The van der Waals surface area contributed by atoms with Crippen LogP contribution in [-0.4, -0.2) is 6.54 Å². The maximum atomic E-state index is 3.54. The first-order valence-electron chi connectivity index (χ1n) is 5.99. The van der Waals surface area contributed by atoms with Gasteiger partial charge in [0.2, 0.25) is 0 Å². The number of allylic oxidation sites excluding steroid dienone is 2. The standard InChI is InChI=1S/C14H16BrN/c15-13-3-5-14(6-4-13)16-9-12-8-10-1-2-11(12)7-10/h1-6,10-12,16H,7-9H2. The average Bonchev–Trinajstić information content (AvgIpc) is 2.90. The number of benzene rings is 1. The number of hydrogen-bond acceptors (Lipinski definition) is 1. The predicted octanol–water partition coefficient (Wildman–Crippen LogP) is 4.07. The molecule has 1 fully saturated rings. The van der Waals surface area contributed by atoms with E-state index in [2.05, 4.69) is 57.7 Å². The minimum atomic E-state index is 0.841. The van der Waals surface area contributed by atoms with Crippen LogP contribution in [0.3, 0.4) is 0 Å². The Morgan fingerprint density at radius 1 is 1.12 bits per heavy atom. The van der Waals surface area contributed by atoms with Gasteiger partial charge < -0.3 is 5.32 Å². The third-order valence-electron chi connectivity index (χ3n) is 3.83. The van der Waals surface area contributed by atoms with Crippen LogP contribution in [0.2, 0.25) is 0 Å². The zero-order valence-electron chi connectivity index (χ0n) is 9.20. The molecule has 3 unspecified atom stereocenters. The molecule has 3 atom stereocenters. The van der Waals surface area contributed by atoms with Gasteiger partial charge in [-0.1, -0.05) is 28.1 Å². The van der Waals surface area contributed by atoms with Gasteiger partial charge in [-0.05, 0) is 54.9 Å². The Morgan fingerprint density at radius 2 is 1.94 bits per heavy atom. The normalized spacial score (nSPS) is 30.9. The molecule has 0 radical (unpaired) electrons. The SMILES string of the molecule is Brc1ccc(NCC2CC3C=CC2C3)cc1. The molecular weight excluding hydrogens is 262 g/mol. The largest absolute Gasteiger partial charge is 0.385 e. The quantitative estimate of drug-likeness (QED) is 0.822. The molecule has 16 heavy (non-hydrogen) atoms. The molecule has 1 nitrogen and oxygen atoms in total. The van der Waals surface area contributed by atoms with Crippen LogP contribution >= 0.6 is 15.9 Å². The van der Waals surface area contributed by atoms with Crippen molar-refractivity contribution in [3.63, 3.8) is 0 Å². The van der Waals surface area contributed by atoms with Crippen molar-refractivity contribution in [2.75, 3.05) is 11.9 Å². The van der Waals surface area contributed by atoms with Crippen molar-refractivity contribution >= 4 is 21.6 Å². The highest BCUT2D eigenvalue weighted by molar-refractivity contribution is 9.10. The fourth-order valence-corrected chi connectivity index (χ4v) is 3.21. The Labute approximate surface area is 105 Å². The molecule has 0 heterocycles. The first-order chi connectivity index (χ1) is 7.81. The number of halogens is 1. The molecular formula is C14H16BrN. The highest BCUT2D eigenvalue weighted by Gasteiger charge is 2.35. The topological polar surface area (TPSA) is 12.0 Å². The lowest BCUT2D eigenvalue weighted by Gasteiger charge is -2.19. The van der Waals surface area contributed by atoms with E-state index in [0.717, 1.165) is 28.8 Å². The van der Waals surface area contributed by atoms with Crippen LogP contribution in [0.15, 0.2) is 40.9 Å². The molecule has 0 amide bonds. The zero-order valence-corrected chi connectivity index (χ0v) is 10.8. The Kier molecular flexibility index (Phi) is 2.76. The second-order valence-electron chi connectivity index (χ2n) is 4.93. The minimum absolute atomic E-state index is 0.841. The summed E-state index contributed by atoms with van der Waals surface area (Å²) in [6.45, 7) is 1.12. The molecule has 1 N–H and O–H groups in total. The molecule has 0 aromatic heterocycles. The van der Waals surface area contributed by atoms with Gasteiger partial charge in [-0.15, -0.1) is 0 Å². The number of hydrogen-bond donors (Lipinski definition) is 1. The van der Waals surface area contributed by atoms with Crippen LogP contribution in [0.25, 0.3) is 0 Å². The molecule has 1 saturated carbocycles. The number of nitrogens with one attached hydrogen (secondary N) is 1. The van der Waals surface area contributed by atoms with Gasteiger partial charge in [0, 0.05) is 16.7 Å². The van der Waals surface area contributed by atoms with E-state index < -0.39 is 0 Å². The highest BCUT2D eigenvalue weighted by atomic mass is 79.9. The molecule has 84 valence electrons. The van der Waals surface area contributed by atoms with Crippen LogP contribution in [0, 0.1) is 17.8 Å². The van der Waals surface area contributed by atoms with Gasteiger partial charge in [0.1, 0.15) is 0 Å². The summed E-state index contributed by atoms with van der Waals surface area (Å²) in [5.74, 6) is 2.56. The van der Waals surface area contributed by atoms with E-state index in [1.807, 2.05) is 0 Å². The van der Waals surface area contributed by atoms with E-state index >= 15 is 0 Å². The third kappa shape index (κ3) is 2.03. The summed E-state index contributed by atoms with van der Waals surface area (Å²) < 4.78 is 1.14.